The summed E-state index contributed by atoms with van der Waals surface area (Å²) in [4.78, 5) is 2.35. The summed E-state index contributed by atoms with van der Waals surface area (Å²) in [7, 11) is 0. The summed E-state index contributed by atoms with van der Waals surface area (Å²) >= 11 is 0. The molecule has 2 nitrogen and oxygen atoms in total. The predicted molar refractivity (Wildman–Crippen MR) is 229 cm³/mol. The van der Waals surface area contributed by atoms with E-state index in [9.17, 15) is 0 Å². The van der Waals surface area contributed by atoms with Crippen molar-refractivity contribution in [2.75, 3.05) is 4.90 Å². The van der Waals surface area contributed by atoms with Crippen LogP contribution < -0.4 is 4.90 Å². The van der Waals surface area contributed by atoms with Crippen LogP contribution in [0.1, 0.15) is 0 Å². The second-order valence-electron chi connectivity index (χ2n) is 13.8. The maximum atomic E-state index is 2.42. The number of rotatable bonds is 7. The minimum Gasteiger partial charge on any atom is -0.311 e. The van der Waals surface area contributed by atoms with Gasteiger partial charge in [0.2, 0.25) is 0 Å². The van der Waals surface area contributed by atoms with Crippen LogP contribution in [0.3, 0.4) is 0 Å². The first-order chi connectivity index (χ1) is 26.8. The Morgan fingerprint density at radius 1 is 0.296 bits per heavy atom. The molecule has 0 fully saturated rings. The van der Waals surface area contributed by atoms with Crippen LogP contribution in [-0.2, 0) is 0 Å². The van der Waals surface area contributed by atoms with Crippen molar-refractivity contribution in [2.45, 2.75) is 0 Å². The molecule has 0 atom stereocenters. The minimum absolute atomic E-state index is 1.10. The topological polar surface area (TPSA) is 8.17 Å². The molecular weight excluding hydrogens is 653 g/mol. The Morgan fingerprint density at radius 3 is 1.24 bits per heavy atom. The molecule has 0 unspecified atom stereocenters. The Balaban J connectivity index is 1.10. The van der Waals surface area contributed by atoms with Crippen molar-refractivity contribution in [2.24, 2.45) is 0 Å². The van der Waals surface area contributed by atoms with Crippen LogP contribution in [0.2, 0.25) is 0 Å². The Kier molecular flexibility index (Phi) is 7.85. The maximum absolute atomic E-state index is 2.42. The van der Waals surface area contributed by atoms with E-state index < -0.39 is 0 Å². The summed E-state index contributed by atoms with van der Waals surface area (Å²) in [5.41, 5.74) is 14.2. The van der Waals surface area contributed by atoms with Crippen molar-refractivity contribution < 1.29 is 0 Å². The lowest BCUT2D eigenvalue weighted by Gasteiger charge is -2.26. The molecule has 9 aromatic carbocycles. The molecule has 2 heteroatoms. The van der Waals surface area contributed by atoms with Gasteiger partial charge in [0.1, 0.15) is 0 Å². The average Bonchev–Trinajstić information content (AvgIpc) is 3.60. The highest BCUT2D eigenvalue weighted by Gasteiger charge is 2.19. The van der Waals surface area contributed by atoms with Crippen molar-refractivity contribution in [3.05, 3.63) is 218 Å². The van der Waals surface area contributed by atoms with Crippen LogP contribution in [0.5, 0.6) is 0 Å². The zero-order valence-corrected chi connectivity index (χ0v) is 29.7. The van der Waals surface area contributed by atoms with E-state index >= 15 is 0 Å². The molecule has 0 aliphatic rings. The van der Waals surface area contributed by atoms with Crippen LogP contribution in [0.4, 0.5) is 17.1 Å². The number of fused-ring (bicyclic) bond motifs is 5. The summed E-state index contributed by atoms with van der Waals surface area (Å²) in [5.74, 6) is 0. The van der Waals surface area contributed by atoms with E-state index in [4.69, 9.17) is 0 Å². The number of hydrogen-bond acceptors (Lipinski definition) is 1. The highest BCUT2D eigenvalue weighted by Crippen LogP contribution is 2.43. The molecule has 10 aromatic rings. The highest BCUT2D eigenvalue weighted by atomic mass is 15.1. The van der Waals surface area contributed by atoms with Gasteiger partial charge in [-0.2, -0.15) is 0 Å². The molecule has 254 valence electrons. The molecular formula is C52H36N2. The van der Waals surface area contributed by atoms with Gasteiger partial charge in [0.25, 0.3) is 0 Å². The van der Waals surface area contributed by atoms with Crippen LogP contribution in [0, 0.1) is 0 Å². The van der Waals surface area contributed by atoms with E-state index in [1.54, 1.807) is 0 Å². The van der Waals surface area contributed by atoms with Crippen LogP contribution in [-0.4, -0.2) is 4.57 Å². The van der Waals surface area contributed by atoms with Gasteiger partial charge in [-0.05, 0) is 99.4 Å². The van der Waals surface area contributed by atoms with E-state index in [0.717, 1.165) is 17.1 Å². The number of anilines is 3. The van der Waals surface area contributed by atoms with Gasteiger partial charge in [0.15, 0.2) is 0 Å². The second kappa shape index (κ2) is 13.4. The lowest BCUT2D eigenvalue weighted by molar-refractivity contribution is 1.19. The van der Waals surface area contributed by atoms with Gasteiger partial charge in [-0.3, -0.25) is 0 Å². The molecule has 0 spiro atoms. The zero-order chi connectivity index (χ0) is 35.8. The minimum atomic E-state index is 1.10. The number of hydrogen-bond donors (Lipinski definition) is 0. The Bertz CT molecular complexity index is 2790. The standard InChI is InChI=1S/C52H36N2/c1-4-14-37(15-5-1)39-24-30-43(31-25-39)53(44-32-26-40(27-33-44)38-16-6-2-7-17-38)45-34-28-41(29-35-45)49-36-50-47-21-12-13-23-51(47)54(42-18-8-3-9-19-42)52(50)48-22-11-10-20-46(48)49/h1-36H. The second-order valence-corrected chi connectivity index (χ2v) is 13.8. The molecule has 10 rings (SSSR count). The first-order valence-corrected chi connectivity index (χ1v) is 18.5. The number of nitrogens with zero attached hydrogens (tertiary/aromatic N) is 2. The Labute approximate surface area is 315 Å². The Morgan fingerprint density at radius 2 is 0.704 bits per heavy atom. The average molecular weight is 689 g/mol. The van der Waals surface area contributed by atoms with Gasteiger partial charge in [-0.25, -0.2) is 0 Å². The quantitative estimate of drug-likeness (QED) is 0.162. The molecule has 0 aliphatic carbocycles. The Hall–Kier alpha value is -7.16. The fraction of sp³-hybridized carbons (Fsp3) is 0. The summed E-state index contributed by atoms with van der Waals surface area (Å²) in [6, 6.07) is 78.7. The third-order valence-electron chi connectivity index (χ3n) is 10.6. The van der Waals surface area contributed by atoms with Crippen molar-refractivity contribution >= 4 is 49.6 Å². The third kappa shape index (κ3) is 5.53. The summed E-state index contributed by atoms with van der Waals surface area (Å²) in [6.45, 7) is 0. The molecule has 0 saturated heterocycles. The van der Waals surface area contributed by atoms with Crippen molar-refractivity contribution in [1.29, 1.82) is 0 Å². The van der Waals surface area contributed by atoms with Gasteiger partial charge < -0.3 is 9.47 Å². The van der Waals surface area contributed by atoms with E-state index in [0.29, 0.717) is 0 Å². The largest absolute Gasteiger partial charge is 0.311 e. The summed E-state index contributed by atoms with van der Waals surface area (Å²) in [5, 5.41) is 4.99. The first kappa shape index (κ1) is 31.6. The number of aromatic nitrogens is 1. The monoisotopic (exact) mass is 688 g/mol. The molecule has 0 aliphatic heterocycles. The van der Waals surface area contributed by atoms with E-state index in [1.807, 2.05) is 0 Å². The third-order valence-corrected chi connectivity index (χ3v) is 10.6. The predicted octanol–water partition coefficient (Wildman–Crippen LogP) is 14.4. The summed E-state index contributed by atoms with van der Waals surface area (Å²) in [6.07, 6.45) is 0. The lowest BCUT2D eigenvalue weighted by Crippen LogP contribution is -2.09. The molecule has 54 heavy (non-hydrogen) atoms. The highest BCUT2D eigenvalue weighted by molar-refractivity contribution is 6.22. The smallest absolute Gasteiger partial charge is 0.0619 e. The molecule has 1 heterocycles. The molecule has 0 bridgehead atoms. The molecule has 0 saturated carbocycles. The van der Waals surface area contributed by atoms with Gasteiger partial charge in [0.05, 0.1) is 11.0 Å². The van der Waals surface area contributed by atoms with Gasteiger partial charge in [0, 0.05) is 38.9 Å². The number of benzene rings is 9. The number of para-hydroxylation sites is 2. The van der Waals surface area contributed by atoms with Crippen LogP contribution in [0.15, 0.2) is 218 Å². The van der Waals surface area contributed by atoms with Crippen LogP contribution >= 0.6 is 0 Å². The van der Waals surface area contributed by atoms with Crippen LogP contribution in [0.25, 0.3) is 71.6 Å². The van der Waals surface area contributed by atoms with E-state index in [2.05, 4.69) is 228 Å². The van der Waals surface area contributed by atoms with Crippen molar-refractivity contribution in [1.82, 2.24) is 4.57 Å². The fourth-order valence-electron chi connectivity index (χ4n) is 8.01. The summed E-state index contributed by atoms with van der Waals surface area (Å²) < 4.78 is 2.42. The van der Waals surface area contributed by atoms with Gasteiger partial charge in [-0.1, -0.05) is 158 Å². The molecule has 0 radical (unpaired) electrons. The van der Waals surface area contributed by atoms with Gasteiger partial charge in [-0.15, -0.1) is 0 Å². The van der Waals surface area contributed by atoms with E-state index in [1.165, 1.54) is 71.6 Å². The first-order valence-electron chi connectivity index (χ1n) is 18.5. The normalized spacial score (nSPS) is 11.3. The molecule has 1 aromatic heterocycles. The van der Waals surface area contributed by atoms with Crippen molar-refractivity contribution in [3.63, 3.8) is 0 Å². The maximum Gasteiger partial charge on any atom is 0.0619 e. The lowest BCUT2D eigenvalue weighted by atomic mass is 9.95. The van der Waals surface area contributed by atoms with Gasteiger partial charge >= 0.3 is 0 Å². The SMILES string of the molecule is c1ccc(-c2ccc(N(c3ccc(-c4ccccc4)cc3)c3ccc(-c4cc5c6ccccc6n(-c6ccccc6)c5c5ccccc45)cc3)cc2)cc1. The fourth-order valence-corrected chi connectivity index (χ4v) is 8.01. The zero-order valence-electron chi connectivity index (χ0n) is 29.7. The molecule has 0 amide bonds. The van der Waals surface area contributed by atoms with E-state index in [-0.39, 0.29) is 0 Å². The van der Waals surface area contributed by atoms with Crippen molar-refractivity contribution in [3.8, 4) is 39.1 Å². The molecule has 0 N–H and O–H groups in total.